The highest BCUT2D eigenvalue weighted by Crippen LogP contribution is 2.34. The molecule has 0 atom stereocenters. The zero-order valence-corrected chi connectivity index (χ0v) is 20.7. The Morgan fingerprint density at radius 3 is 2.23 bits per heavy atom. The monoisotopic (exact) mass is 518 g/mol. The molecule has 0 aromatic heterocycles. The van der Waals surface area contributed by atoms with Gasteiger partial charge in [0, 0.05) is 11.8 Å². The highest BCUT2D eigenvalue weighted by atomic mass is 35.5. The lowest BCUT2D eigenvalue weighted by atomic mass is 10.2. The average Bonchev–Trinajstić information content (AvgIpc) is 2.87. The molecule has 3 aromatic carbocycles. The van der Waals surface area contributed by atoms with Gasteiger partial charge in [0.15, 0.2) is 11.5 Å². The van der Waals surface area contributed by atoms with Gasteiger partial charge >= 0.3 is 5.97 Å². The zero-order chi connectivity index (χ0) is 25.6. The van der Waals surface area contributed by atoms with Crippen molar-refractivity contribution in [2.75, 3.05) is 37.5 Å². The molecule has 0 saturated carbocycles. The van der Waals surface area contributed by atoms with Crippen LogP contribution in [0, 0.1) is 0 Å². The van der Waals surface area contributed by atoms with Gasteiger partial charge in [-0.25, -0.2) is 13.2 Å². The number of carbonyl (C=O) groups is 2. The molecule has 0 aliphatic carbocycles. The standard InChI is InChI=1S/C24H23ClN2O7S/c1-32-21-12-10-17(14-22(21)33-2)27(35(30,31)18-7-5-4-6-8-18)15-23(28)26-16-9-11-20(25)19(13-16)24(29)34-3/h4-14H,15H2,1-3H3,(H,26,28). The molecule has 0 aliphatic heterocycles. The summed E-state index contributed by atoms with van der Waals surface area (Å²) >= 11 is 6.03. The van der Waals surface area contributed by atoms with Gasteiger partial charge in [0.25, 0.3) is 10.0 Å². The summed E-state index contributed by atoms with van der Waals surface area (Å²) in [4.78, 5) is 24.9. The van der Waals surface area contributed by atoms with Crippen molar-refractivity contribution < 1.29 is 32.2 Å². The number of benzene rings is 3. The minimum atomic E-state index is -4.14. The lowest BCUT2D eigenvalue weighted by molar-refractivity contribution is -0.114. The molecule has 35 heavy (non-hydrogen) atoms. The fourth-order valence-electron chi connectivity index (χ4n) is 3.22. The fraction of sp³-hybridized carbons (Fsp3) is 0.167. The van der Waals surface area contributed by atoms with Gasteiger partial charge in [-0.3, -0.25) is 9.10 Å². The maximum Gasteiger partial charge on any atom is 0.339 e. The molecule has 3 rings (SSSR count). The molecule has 11 heteroatoms. The first-order valence-electron chi connectivity index (χ1n) is 10.2. The van der Waals surface area contributed by atoms with Crippen molar-refractivity contribution in [3.63, 3.8) is 0 Å². The Bertz CT molecular complexity index is 1330. The first-order chi connectivity index (χ1) is 16.7. The van der Waals surface area contributed by atoms with Gasteiger partial charge in [-0.15, -0.1) is 0 Å². The highest BCUT2D eigenvalue weighted by molar-refractivity contribution is 7.92. The van der Waals surface area contributed by atoms with Crippen molar-refractivity contribution in [3.05, 3.63) is 77.3 Å². The van der Waals surface area contributed by atoms with E-state index in [1.165, 1.54) is 63.8 Å². The molecule has 184 valence electrons. The molecule has 1 N–H and O–H groups in total. The van der Waals surface area contributed by atoms with Crippen molar-refractivity contribution in [2.45, 2.75) is 4.90 Å². The van der Waals surface area contributed by atoms with Crippen LogP contribution in [0.4, 0.5) is 11.4 Å². The van der Waals surface area contributed by atoms with Gasteiger partial charge in [-0.1, -0.05) is 29.8 Å². The van der Waals surface area contributed by atoms with Crippen LogP contribution in [-0.2, 0) is 19.6 Å². The first kappa shape index (κ1) is 25.9. The number of amides is 1. The van der Waals surface area contributed by atoms with E-state index in [0.717, 1.165) is 4.31 Å². The summed E-state index contributed by atoms with van der Waals surface area (Å²) in [5.74, 6) is -0.643. The highest BCUT2D eigenvalue weighted by Gasteiger charge is 2.28. The number of sulfonamides is 1. The van der Waals surface area contributed by atoms with Crippen LogP contribution in [0.15, 0.2) is 71.6 Å². The zero-order valence-electron chi connectivity index (χ0n) is 19.1. The van der Waals surface area contributed by atoms with Gasteiger partial charge in [0.1, 0.15) is 6.54 Å². The van der Waals surface area contributed by atoms with Gasteiger partial charge < -0.3 is 19.5 Å². The predicted octanol–water partition coefficient (Wildman–Crippen LogP) is 3.98. The minimum absolute atomic E-state index is 0.00190. The van der Waals surface area contributed by atoms with Crippen LogP contribution in [0.1, 0.15) is 10.4 Å². The Morgan fingerprint density at radius 1 is 0.914 bits per heavy atom. The van der Waals surface area contributed by atoms with Gasteiger partial charge in [0.05, 0.1) is 42.5 Å². The van der Waals surface area contributed by atoms with E-state index < -0.39 is 28.4 Å². The van der Waals surface area contributed by atoms with Gasteiger partial charge in [-0.2, -0.15) is 0 Å². The Morgan fingerprint density at radius 2 is 1.60 bits per heavy atom. The number of nitrogens with one attached hydrogen (secondary N) is 1. The van der Waals surface area contributed by atoms with Crippen LogP contribution in [0.5, 0.6) is 11.5 Å². The third kappa shape index (κ3) is 5.84. The van der Waals surface area contributed by atoms with Crippen molar-refractivity contribution >= 4 is 44.9 Å². The number of rotatable bonds is 9. The van der Waals surface area contributed by atoms with Crippen LogP contribution < -0.4 is 19.1 Å². The summed E-state index contributed by atoms with van der Waals surface area (Å²) in [5.41, 5.74) is 0.484. The number of nitrogens with zero attached hydrogens (tertiary/aromatic N) is 1. The lowest BCUT2D eigenvalue weighted by Gasteiger charge is -2.25. The second kappa shape index (κ2) is 11.1. The average molecular weight is 519 g/mol. The summed E-state index contributed by atoms with van der Waals surface area (Å²) in [6, 6.07) is 16.5. The van der Waals surface area contributed by atoms with Crippen molar-refractivity contribution in [1.29, 1.82) is 0 Å². The van der Waals surface area contributed by atoms with E-state index in [1.807, 2.05) is 0 Å². The number of hydrogen-bond acceptors (Lipinski definition) is 7. The number of esters is 1. The molecule has 0 aliphatic rings. The molecule has 0 bridgehead atoms. The van der Waals surface area contributed by atoms with Crippen LogP contribution in [-0.4, -0.2) is 48.2 Å². The Labute approximate surface area is 208 Å². The van der Waals surface area contributed by atoms with Gasteiger partial charge in [0.2, 0.25) is 5.91 Å². The van der Waals surface area contributed by atoms with E-state index in [2.05, 4.69) is 10.1 Å². The number of hydrogen-bond donors (Lipinski definition) is 1. The maximum atomic E-state index is 13.5. The normalized spacial score (nSPS) is 10.9. The van der Waals surface area contributed by atoms with Crippen LogP contribution in [0.2, 0.25) is 5.02 Å². The quantitative estimate of drug-likeness (QED) is 0.426. The molecule has 9 nitrogen and oxygen atoms in total. The molecule has 3 aromatic rings. The molecule has 1 amide bonds. The van der Waals surface area contributed by atoms with Crippen molar-refractivity contribution in [3.8, 4) is 11.5 Å². The Hall–Kier alpha value is -3.76. The first-order valence-corrected chi connectivity index (χ1v) is 12.0. The second-order valence-electron chi connectivity index (χ2n) is 7.10. The van der Waals surface area contributed by atoms with E-state index in [1.54, 1.807) is 24.3 Å². The summed E-state index contributed by atoms with van der Waals surface area (Å²) in [5, 5.41) is 2.74. The SMILES string of the molecule is COC(=O)c1cc(NC(=O)CN(c2ccc(OC)c(OC)c2)S(=O)(=O)c2ccccc2)ccc1Cl. The van der Waals surface area contributed by atoms with Crippen LogP contribution >= 0.6 is 11.6 Å². The van der Waals surface area contributed by atoms with E-state index in [0.29, 0.717) is 11.5 Å². The number of carbonyl (C=O) groups excluding carboxylic acids is 2. The minimum Gasteiger partial charge on any atom is -0.493 e. The van der Waals surface area contributed by atoms with Crippen molar-refractivity contribution in [1.82, 2.24) is 0 Å². The summed E-state index contributed by atoms with van der Waals surface area (Å²) in [7, 11) is -0.0528. The lowest BCUT2D eigenvalue weighted by Crippen LogP contribution is -2.38. The topological polar surface area (TPSA) is 111 Å². The molecular formula is C24H23ClN2O7S. The third-order valence-electron chi connectivity index (χ3n) is 4.93. The number of ether oxygens (including phenoxy) is 3. The smallest absolute Gasteiger partial charge is 0.339 e. The van der Waals surface area contributed by atoms with Crippen LogP contribution in [0.3, 0.4) is 0 Å². The molecule has 0 saturated heterocycles. The fourth-order valence-corrected chi connectivity index (χ4v) is 4.84. The maximum absolute atomic E-state index is 13.5. The largest absolute Gasteiger partial charge is 0.493 e. The Balaban J connectivity index is 1.98. The van der Waals surface area contributed by atoms with E-state index >= 15 is 0 Å². The number of halogens is 1. The van der Waals surface area contributed by atoms with E-state index in [9.17, 15) is 18.0 Å². The molecule has 0 fully saturated rings. The Kier molecular flexibility index (Phi) is 8.21. The predicted molar refractivity (Wildman–Crippen MR) is 132 cm³/mol. The van der Waals surface area contributed by atoms with Crippen molar-refractivity contribution in [2.24, 2.45) is 0 Å². The molecular weight excluding hydrogens is 496 g/mol. The third-order valence-corrected chi connectivity index (χ3v) is 7.05. The molecule has 0 heterocycles. The van der Waals surface area contributed by atoms with E-state index in [4.69, 9.17) is 21.1 Å². The molecule has 0 unspecified atom stereocenters. The second-order valence-corrected chi connectivity index (χ2v) is 9.37. The van der Waals surface area contributed by atoms with Crippen LogP contribution in [0.25, 0.3) is 0 Å². The van der Waals surface area contributed by atoms with E-state index in [-0.39, 0.29) is 26.9 Å². The molecule has 0 radical (unpaired) electrons. The van der Waals surface area contributed by atoms with Gasteiger partial charge in [-0.05, 0) is 42.5 Å². The summed E-state index contributed by atoms with van der Waals surface area (Å²) in [6.45, 7) is -0.567. The number of methoxy groups -OCH3 is 3. The summed E-state index contributed by atoms with van der Waals surface area (Å²) < 4.78 is 43.2. The number of anilines is 2. The molecule has 0 spiro atoms. The summed E-state index contributed by atoms with van der Waals surface area (Å²) in [6.07, 6.45) is 0.